The highest BCUT2D eigenvalue weighted by atomic mass is 79.9. The molecule has 0 atom stereocenters. The molecule has 0 bridgehead atoms. The fourth-order valence-electron chi connectivity index (χ4n) is 2.01. The lowest BCUT2D eigenvalue weighted by Crippen LogP contribution is -2.01. The van der Waals surface area contributed by atoms with Gasteiger partial charge >= 0.3 is 0 Å². The number of rotatable bonds is 3. The summed E-state index contributed by atoms with van der Waals surface area (Å²) in [6, 6.07) is 9.10. The maximum atomic E-state index is 6.14. The minimum absolute atomic E-state index is 0.303. The first-order valence-corrected chi connectivity index (χ1v) is 7.41. The lowest BCUT2D eigenvalue weighted by Gasteiger charge is -2.12. The largest absolute Gasteiger partial charge is 0.455 e. The van der Waals surface area contributed by atoms with E-state index in [9.17, 15) is 0 Å². The summed E-state index contributed by atoms with van der Waals surface area (Å²) in [7, 11) is 0. The van der Waals surface area contributed by atoms with Crippen LogP contribution in [0.5, 0.6) is 11.5 Å². The van der Waals surface area contributed by atoms with E-state index in [-0.39, 0.29) is 0 Å². The van der Waals surface area contributed by atoms with Crippen LogP contribution in [0.25, 0.3) is 11.0 Å². The van der Waals surface area contributed by atoms with Gasteiger partial charge in [-0.15, -0.1) is 0 Å². The molecular weight excluding hydrogens is 354 g/mol. The minimum Gasteiger partial charge on any atom is -0.455 e. The lowest BCUT2D eigenvalue weighted by molar-refractivity contribution is 0.480. The molecule has 0 aliphatic rings. The van der Waals surface area contributed by atoms with Gasteiger partial charge in [-0.3, -0.25) is 4.98 Å². The van der Waals surface area contributed by atoms with Crippen molar-refractivity contribution in [2.45, 2.75) is 6.54 Å². The number of hydrogen-bond donors (Lipinski definition) is 1. The van der Waals surface area contributed by atoms with Crippen LogP contribution in [0.2, 0.25) is 5.02 Å². The third-order valence-electron chi connectivity index (χ3n) is 3.01. The van der Waals surface area contributed by atoms with Gasteiger partial charge in [-0.05, 0) is 34.1 Å². The summed E-state index contributed by atoms with van der Waals surface area (Å²) in [6.07, 6.45) is 3.39. The quantitative estimate of drug-likeness (QED) is 0.753. The molecule has 0 aliphatic carbocycles. The monoisotopic (exact) mass is 363 g/mol. The Bertz CT molecular complexity index is 810. The third kappa shape index (κ3) is 2.85. The van der Waals surface area contributed by atoms with Crippen molar-refractivity contribution in [2.75, 3.05) is 0 Å². The molecule has 0 saturated heterocycles. The van der Waals surface area contributed by atoms with E-state index in [4.69, 9.17) is 22.1 Å². The van der Waals surface area contributed by atoms with Crippen molar-refractivity contribution in [1.29, 1.82) is 0 Å². The number of benzene rings is 1. The average Bonchev–Trinajstić information content (AvgIpc) is 2.47. The van der Waals surface area contributed by atoms with Gasteiger partial charge in [0.1, 0.15) is 11.3 Å². The van der Waals surface area contributed by atoms with Gasteiger partial charge in [-0.1, -0.05) is 17.7 Å². The Hall–Kier alpha value is -1.69. The Morgan fingerprint density at radius 1 is 1.19 bits per heavy atom. The van der Waals surface area contributed by atoms with Crippen LogP contribution in [0.4, 0.5) is 0 Å². The van der Waals surface area contributed by atoms with Gasteiger partial charge in [-0.2, -0.15) is 0 Å². The second kappa shape index (κ2) is 5.97. The zero-order chi connectivity index (χ0) is 14.8. The molecular formula is C15H11BrClN3O. The number of nitrogens with two attached hydrogens (primary N) is 1. The normalized spacial score (nSPS) is 10.8. The Kier molecular flexibility index (Phi) is 4.05. The number of hydrogen-bond acceptors (Lipinski definition) is 4. The third-order valence-corrected chi connectivity index (χ3v) is 3.79. The van der Waals surface area contributed by atoms with Crippen molar-refractivity contribution in [3.8, 4) is 11.5 Å². The van der Waals surface area contributed by atoms with E-state index in [1.54, 1.807) is 24.5 Å². The van der Waals surface area contributed by atoms with Gasteiger partial charge in [-0.25, -0.2) is 4.98 Å². The summed E-state index contributed by atoms with van der Waals surface area (Å²) in [5.41, 5.74) is 7.94. The molecule has 0 aliphatic heterocycles. The van der Waals surface area contributed by atoms with Crippen LogP contribution >= 0.6 is 27.5 Å². The molecule has 1 aromatic carbocycles. The molecule has 0 amide bonds. The zero-order valence-corrected chi connectivity index (χ0v) is 13.2. The maximum absolute atomic E-state index is 6.14. The molecule has 2 aromatic heterocycles. The van der Waals surface area contributed by atoms with Gasteiger partial charge in [0, 0.05) is 40.1 Å². The van der Waals surface area contributed by atoms with E-state index in [1.165, 1.54) is 0 Å². The average molecular weight is 365 g/mol. The molecule has 2 N–H and O–H groups in total. The smallest absolute Gasteiger partial charge is 0.156 e. The number of halogens is 2. The predicted octanol–water partition coefficient (Wildman–Crippen LogP) is 4.30. The Morgan fingerprint density at radius 3 is 2.86 bits per heavy atom. The van der Waals surface area contributed by atoms with Crippen LogP contribution in [-0.4, -0.2) is 9.97 Å². The molecule has 4 nitrogen and oxygen atoms in total. The highest BCUT2D eigenvalue weighted by Crippen LogP contribution is 2.33. The molecule has 0 fully saturated rings. The van der Waals surface area contributed by atoms with Crippen LogP contribution in [0.1, 0.15) is 5.56 Å². The highest BCUT2D eigenvalue weighted by molar-refractivity contribution is 9.10. The number of pyridine rings is 2. The van der Waals surface area contributed by atoms with Crippen LogP contribution in [0.3, 0.4) is 0 Å². The summed E-state index contributed by atoms with van der Waals surface area (Å²) < 4.78 is 6.82. The number of nitrogens with zero attached hydrogens (tertiary/aromatic N) is 2. The molecule has 0 spiro atoms. The van der Waals surface area contributed by atoms with Crippen LogP contribution in [0.15, 0.2) is 47.2 Å². The first-order valence-electron chi connectivity index (χ1n) is 6.24. The van der Waals surface area contributed by atoms with Gasteiger partial charge < -0.3 is 10.5 Å². The van der Waals surface area contributed by atoms with Crippen molar-refractivity contribution in [2.24, 2.45) is 5.73 Å². The second-order valence-electron chi connectivity index (χ2n) is 4.35. The molecule has 6 heteroatoms. The summed E-state index contributed by atoms with van der Waals surface area (Å²) >= 11 is 9.52. The van der Waals surface area contributed by atoms with Crippen molar-refractivity contribution >= 4 is 38.6 Å². The van der Waals surface area contributed by atoms with Crippen molar-refractivity contribution in [3.63, 3.8) is 0 Å². The topological polar surface area (TPSA) is 61.0 Å². The van der Waals surface area contributed by atoms with Crippen LogP contribution in [-0.2, 0) is 6.54 Å². The molecule has 21 heavy (non-hydrogen) atoms. The summed E-state index contributed by atoms with van der Waals surface area (Å²) in [5.74, 6) is 1.24. The number of aromatic nitrogens is 2. The molecule has 106 valence electrons. The highest BCUT2D eigenvalue weighted by Gasteiger charge is 2.11. The molecule has 0 radical (unpaired) electrons. The fourth-order valence-corrected chi connectivity index (χ4v) is 2.58. The fraction of sp³-hybridized carbons (Fsp3) is 0.0667. The van der Waals surface area contributed by atoms with E-state index in [2.05, 4.69) is 25.9 Å². The second-order valence-corrected chi connectivity index (χ2v) is 5.68. The van der Waals surface area contributed by atoms with Gasteiger partial charge in [0.05, 0.1) is 5.52 Å². The summed E-state index contributed by atoms with van der Waals surface area (Å²) in [4.78, 5) is 8.64. The van der Waals surface area contributed by atoms with E-state index in [0.29, 0.717) is 28.6 Å². The molecule has 3 rings (SSSR count). The summed E-state index contributed by atoms with van der Waals surface area (Å²) in [6.45, 7) is 0.303. The van der Waals surface area contributed by atoms with Crippen molar-refractivity contribution in [3.05, 3.63) is 57.8 Å². The Morgan fingerprint density at radius 2 is 2.05 bits per heavy atom. The zero-order valence-electron chi connectivity index (χ0n) is 10.9. The van der Waals surface area contributed by atoms with Gasteiger partial charge in [0.15, 0.2) is 5.75 Å². The molecule has 2 heterocycles. The van der Waals surface area contributed by atoms with Crippen molar-refractivity contribution < 1.29 is 4.74 Å². The lowest BCUT2D eigenvalue weighted by atomic mass is 10.2. The van der Waals surface area contributed by atoms with Crippen LogP contribution in [0, 0.1) is 0 Å². The Balaban J connectivity index is 2.09. The van der Waals surface area contributed by atoms with Gasteiger partial charge in [0.25, 0.3) is 0 Å². The first kappa shape index (κ1) is 14.3. The number of ether oxygens (including phenoxy) is 1. The maximum Gasteiger partial charge on any atom is 0.156 e. The molecule has 0 saturated carbocycles. The van der Waals surface area contributed by atoms with Crippen molar-refractivity contribution in [1.82, 2.24) is 9.97 Å². The predicted molar refractivity (Wildman–Crippen MR) is 86.7 cm³/mol. The van der Waals surface area contributed by atoms with E-state index in [0.717, 1.165) is 15.6 Å². The SMILES string of the molecule is NCc1c(Cl)cccc1Oc1ccnc2cc(Br)cnc12. The Labute approximate surface area is 135 Å². The minimum atomic E-state index is 0.303. The standard InChI is InChI=1S/C15H11BrClN3O/c16-9-6-12-15(20-8-9)14(4-5-19-12)21-13-3-1-2-11(17)10(13)7-18/h1-6,8H,7,18H2. The summed E-state index contributed by atoms with van der Waals surface area (Å²) in [5, 5.41) is 0.587. The van der Waals surface area contributed by atoms with E-state index >= 15 is 0 Å². The van der Waals surface area contributed by atoms with Crippen LogP contribution < -0.4 is 10.5 Å². The first-order chi connectivity index (χ1) is 10.2. The molecule has 0 unspecified atom stereocenters. The van der Waals surface area contributed by atoms with Gasteiger partial charge in [0.2, 0.25) is 0 Å². The molecule has 3 aromatic rings. The van der Waals surface area contributed by atoms with E-state index < -0.39 is 0 Å². The van der Waals surface area contributed by atoms with E-state index in [1.807, 2.05) is 18.2 Å². The number of fused-ring (bicyclic) bond motifs is 1.